The van der Waals surface area contributed by atoms with Crippen LogP contribution in [-0.4, -0.2) is 23.9 Å². The second-order valence-electron chi connectivity index (χ2n) is 7.60. The molecule has 0 saturated heterocycles. The molecule has 5 rings (SSSR count). The molecule has 6 nitrogen and oxygen atoms in total. The van der Waals surface area contributed by atoms with Crippen molar-refractivity contribution in [1.29, 1.82) is 0 Å². The number of carbonyl (C=O) groups excluding carboxylic acids is 2. The van der Waals surface area contributed by atoms with Gasteiger partial charge in [0.05, 0.1) is 29.7 Å². The SMILES string of the molecule is COC(=O)c1ccc([C@@H]2c3c(oc4ccccc4c3=O)C(=O)N2Cc2ccccc2)cc1. The van der Waals surface area contributed by atoms with Crippen LogP contribution in [0.3, 0.4) is 0 Å². The lowest BCUT2D eigenvalue weighted by Gasteiger charge is -2.25. The van der Waals surface area contributed by atoms with Crippen molar-refractivity contribution in [2.75, 3.05) is 7.11 Å². The van der Waals surface area contributed by atoms with Crippen LogP contribution in [0.4, 0.5) is 0 Å². The van der Waals surface area contributed by atoms with Crippen LogP contribution in [0.15, 0.2) is 88.1 Å². The monoisotopic (exact) mass is 425 g/mol. The number of rotatable bonds is 4. The maximum absolute atomic E-state index is 13.5. The van der Waals surface area contributed by atoms with Crippen LogP contribution < -0.4 is 5.43 Å². The number of para-hydroxylation sites is 1. The largest absolute Gasteiger partial charge is 0.465 e. The summed E-state index contributed by atoms with van der Waals surface area (Å²) in [5.74, 6) is -0.730. The van der Waals surface area contributed by atoms with Crippen LogP contribution in [0.25, 0.3) is 11.0 Å². The van der Waals surface area contributed by atoms with Crippen LogP contribution in [0.2, 0.25) is 0 Å². The minimum Gasteiger partial charge on any atom is -0.465 e. The molecule has 1 amide bonds. The fourth-order valence-electron chi connectivity index (χ4n) is 4.18. The number of hydrogen-bond acceptors (Lipinski definition) is 5. The van der Waals surface area contributed by atoms with Crippen molar-refractivity contribution < 1.29 is 18.7 Å². The second-order valence-corrected chi connectivity index (χ2v) is 7.60. The molecule has 0 radical (unpaired) electrons. The molecular formula is C26H19NO5. The highest BCUT2D eigenvalue weighted by Gasteiger charge is 2.42. The van der Waals surface area contributed by atoms with E-state index in [1.54, 1.807) is 53.4 Å². The van der Waals surface area contributed by atoms with E-state index in [9.17, 15) is 14.4 Å². The topological polar surface area (TPSA) is 76.8 Å². The predicted octanol–water partition coefficient (Wildman–Crippen LogP) is 4.33. The Labute approximate surface area is 183 Å². The zero-order valence-electron chi connectivity index (χ0n) is 17.3. The van der Waals surface area contributed by atoms with E-state index in [1.165, 1.54) is 7.11 Å². The van der Waals surface area contributed by atoms with Crippen molar-refractivity contribution >= 4 is 22.8 Å². The molecule has 2 heterocycles. The number of benzene rings is 3. The lowest BCUT2D eigenvalue weighted by Crippen LogP contribution is -2.29. The molecule has 1 aromatic heterocycles. The normalized spacial score (nSPS) is 15.1. The number of amides is 1. The van der Waals surface area contributed by atoms with Gasteiger partial charge in [0.25, 0.3) is 5.91 Å². The number of nitrogens with zero attached hydrogens (tertiary/aromatic N) is 1. The third-order valence-electron chi connectivity index (χ3n) is 5.72. The average molecular weight is 425 g/mol. The average Bonchev–Trinajstić information content (AvgIpc) is 3.11. The highest BCUT2D eigenvalue weighted by Crippen LogP contribution is 2.39. The van der Waals surface area contributed by atoms with Crippen molar-refractivity contribution in [3.05, 3.63) is 117 Å². The number of methoxy groups -OCH3 is 1. The predicted molar refractivity (Wildman–Crippen MR) is 118 cm³/mol. The van der Waals surface area contributed by atoms with Gasteiger partial charge in [-0.15, -0.1) is 0 Å². The van der Waals surface area contributed by atoms with E-state index in [1.807, 2.05) is 30.3 Å². The first-order valence-corrected chi connectivity index (χ1v) is 10.2. The van der Waals surface area contributed by atoms with Gasteiger partial charge in [0.15, 0.2) is 5.43 Å². The van der Waals surface area contributed by atoms with E-state index < -0.39 is 12.0 Å². The Kier molecular flexibility index (Phi) is 4.82. The zero-order chi connectivity index (χ0) is 22.2. The summed E-state index contributed by atoms with van der Waals surface area (Å²) in [6, 6.07) is 22.6. The number of fused-ring (bicyclic) bond motifs is 2. The molecule has 0 spiro atoms. The third-order valence-corrected chi connectivity index (χ3v) is 5.72. The molecule has 0 fully saturated rings. The third kappa shape index (κ3) is 3.17. The first-order chi connectivity index (χ1) is 15.6. The van der Waals surface area contributed by atoms with Crippen LogP contribution >= 0.6 is 0 Å². The van der Waals surface area contributed by atoms with Crippen LogP contribution in [0.1, 0.15) is 43.6 Å². The number of ether oxygens (including phenoxy) is 1. The van der Waals surface area contributed by atoms with Gasteiger partial charge in [0.1, 0.15) is 5.58 Å². The van der Waals surface area contributed by atoms with Crippen molar-refractivity contribution in [2.24, 2.45) is 0 Å². The van der Waals surface area contributed by atoms with Crippen molar-refractivity contribution in [1.82, 2.24) is 4.90 Å². The van der Waals surface area contributed by atoms with Gasteiger partial charge in [-0.1, -0.05) is 54.6 Å². The lowest BCUT2D eigenvalue weighted by atomic mass is 9.97. The second kappa shape index (κ2) is 7.81. The van der Waals surface area contributed by atoms with Gasteiger partial charge in [-0.25, -0.2) is 4.79 Å². The summed E-state index contributed by atoms with van der Waals surface area (Å²) in [5, 5.41) is 0.428. The Bertz CT molecular complexity index is 1390. The van der Waals surface area contributed by atoms with E-state index in [0.717, 1.165) is 5.56 Å². The summed E-state index contributed by atoms with van der Waals surface area (Å²) in [5.41, 5.74) is 2.50. The maximum atomic E-state index is 13.5. The molecule has 0 aliphatic carbocycles. The maximum Gasteiger partial charge on any atom is 0.337 e. The highest BCUT2D eigenvalue weighted by atomic mass is 16.5. The molecule has 6 heteroatoms. The summed E-state index contributed by atoms with van der Waals surface area (Å²) in [6.07, 6.45) is 0. The van der Waals surface area contributed by atoms with Crippen LogP contribution in [0.5, 0.6) is 0 Å². The fourth-order valence-corrected chi connectivity index (χ4v) is 4.18. The molecule has 158 valence electrons. The minimum absolute atomic E-state index is 0.0617. The van der Waals surface area contributed by atoms with E-state index in [0.29, 0.717) is 34.2 Å². The molecule has 0 saturated carbocycles. The number of carbonyl (C=O) groups is 2. The smallest absolute Gasteiger partial charge is 0.337 e. The lowest BCUT2D eigenvalue weighted by molar-refractivity contribution is 0.0599. The highest BCUT2D eigenvalue weighted by molar-refractivity contribution is 5.99. The summed E-state index contributed by atoms with van der Waals surface area (Å²) < 4.78 is 10.7. The molecule has 32 heavy (non-hydrogen) atoms. The molecule has 1 aliphatic rings. The van der Waals surface area contributed by atoms with Gasteiger partial charge in [-0.05, 0) is 35.4 Å². The number of esters is 1. The molecule has 4 aromatic rings. The fraction of sp³-hybridized carbons (Fsp3) is 0.115. The van der Waals surface area contributed by atoms with Crippen LogP contribution in [0, 0.1) is 0 Å². The van der Waals surface area contributed by atoms with Gasteiger partial charge in [-0.2, -0.15) is 0 Å². The molecule has 0 N–H and O–H groups in total. The molecule has 0 unspecified atom stereocenters. The van der Waals surface area contributed by atoms with Crippen molar-refractivity contribution in [3.63, 3.8) is 0 Å². The molecular weight excluding hydrogens is 406 g/mol. The molecule has 1 aliphatic heterocycles. The van der Waals surface area contributed by atoms with E-state index in [2.05, 4.69) is 0 Å². The summed E-state index contributed by atoms with van der Waals surface area (Å²) in [6.45, 7) is 0.309. The first kappa shape index (κ1) is 19.8. The Morgan fingerprint density at radius 3 is 2.34 bits per heavy atom. The van der Waals surface area contributed by atoms with Gasteiger partial charge >= 0.3 is 5.97 Å². The molecule has 0 bridgehead atoms. The van der Waals surface area contributed by atoms with Gasteiger partial charge in [-0.3, -0.25) is 9.59 Å². The number of hydrogen-bond donors (Lipinski definition) is 0. The minimum atomic E-state index is -0.634. The van der Waals surface area contributed by atoms with Gasteiger partial charge < -0.3 is 14.1 Å². The van der Waals surface area contributed by atoms with Gasteiger partial charge in [0.2, 0.25) is 5.76 Å². The quantitative estimate of drug-likeness (QED) is 0.455. The Morgan fingerprint density at radius 1 is 0.938 bits per heavy atom. The first-order valence-electron chi connectivity index (χ1n) is 10.2. The Balaban J connectivity index is 1.68. The van der Waals surface area contributed by atoms with Crippen molar-refractivity contribution in [2.45, 2.75) is 12.6 Å². The van der Waals surface area contributed by atoms with Crippen molar-refractivity contribution in [3.8, 4) is 0 Å². The molecule has 1 atom stereocenters. The van der Waals surface area contributed by atoms with Gasteiger partial charge in [0, 0.05) is 6.54 Å². The Morgan fingerprint density at radius 2 is 1.62 bits per heavy atom. The van der Waals surface area contributed by atoms with Crippen LogP contribution in [-0.2, 0) is 11.3 Å². The summed E-state index contributed by atoms with van der Waals surface area (Å²) in [7, 11) is 1.32. The van der Waals surface area contributed by atoms with E-state index >= 15 is 0 Å². The van der Waals surface area contributed by atoms with E-state index in [-0.39, 0.29) is 17.1 Å². The van der Waals surface area contributed by atoms with E-state index in [4.69, 9.17) is 9.15 Å². The molecule has 3 aromatic carbocycles. The Hall–Kier alpha value is -4.19. The summed E-state index contributed by atoms with van der Waals surface area (Å²) in [4.78, 5) is 40.4. The summed E-state index contributed by atoms with van der Waals surface area (Å²) >= 11 is 0. The standard InChI is InChI=1S/C26H19NO5/c1-31-26(30)18-13-11-17(12-14-18)22-21-23(28)19-9-5-6-10-20(19)32-24(21)25(29)27(22)15-16-7-3-2-4-8-16/h2-14,22H,15H2,1H3/t22-/m1/s1. The zero-order valence-corrected chi connectivity index (χ0v) is 17.3.